The van der Waals surface area contributed by atoms with Gasteiger partial charge in [-0.15, -0.1) is 11.3 Å². The molecule has 21 heavy (non-hydrogen) atoms. The van der Waals surface area contributed by atoms with Crippen molar-refractivity contribution in [1.82, 2.24) is 10.6 Å². The van der Waals surface area contributed by atoms with E-state index in [0.29, 0.717) is 23.5 Å². The Morgan fingerprint density at radius 1 is 1.52 bits per heavy atom. The molecule has 1 fully saturated rings. The first-order chi connectivity index (χ1) is 10.0. The predicted molar refractivity (Wildman–Crippen MR) is 78.6 cm³/mol. The van der Waals surface area contributed by atoms with Gasteiger partial charge in [-0.25, -0.2) is 9.59 Å². The predicted octanol–water partition coefficient (Wildman–Crippen LogP) is 1.24. The van der Waals surface area contributed by atoms with Crippen LogP contribution >= 0.6 is 11.3 Å². The Bertz CT molecular complexity index is 570. The van der Waals surface area contributed by atoms with E-state index < -0.39 is 18.0 Å². The summed E-state index contributed by atoms with van der Waals surface area (Å²) >= 11 is 1.24. The van der Waals surface area contributed by atoms with E-state index in [1.165, 1.54) is 11.3 Å². The van der Waals surface area contributed by atoms with Crippen LogP contribution in [0.15, 0.2) is 5.38 Å². The number of hydrogen-bond acceptors (Lipinski definition) is 5. The standard InChI is InChI=1S/C13H17N3O4S/c1-3-20-12(18)9-7(2)6-21-11(9)16-13(19)15-8-4-5-14-10(8)17/h6,8H,3-5H2,1-2H3,(H,14,17)(H2,15,16,19). The summed E-state index contributed by atoms with van der Waals surface area (Å²) in [6.45, 7) is 4.31. The molecule has 0 aromatic carbocycles. The number of carbonyl (C=O) groups is 3. The Balaban J connectivity index is 2.04. The van der Waals surface area contributed by atoms with E-state index in [2.05, 4.69) is 16.0 Å². The average Bonchev–Trinajstić information content (AvgIpc) is 2.97. The number of amides is 3. The molecule has 1 unspecified atom stereocenters. The van der Waals surface area contributed by atoms with Gasteiger partial charge in [0.1, 0.15) is 11.0 Å². The van der Waals surface area contributed by atoms with Crippen LogP contribution in [0.3, 0.4) is 0 Å². The average molecular weight is 311 g/mol. The van der Waals surface area contributed by atoms with Gasteiger partial charge in [0.25, 0.3) is 0 Å². The minimum Gasteiger partial charge on any atom is -0.462 e. The summed E-state index contributed by atoms with van der Waals surface area (Å²) in [7, 11) is 0. The highest BCUT2D eigenvalue weighted by atomic mass is 32.1. The summed E-state index contributed by atoms with van der Waals surface area (Å²) in [5.41, 5.74) is 1.10. The molecule has 1 saturated heterocycles. The summed E-state index contributed by atoms with van der Waals surface area (Å²) < 4.78 is 4.97. The van der Waals surface area contributed by atoms with Crippen molar-refractivity contribution in [1.29, 1.82) is 0 Å². The van der Waals surface area contributed by atoms with Crippen LogP contribution in [0.4, 0.5) is 9.80 Å². The minimum atomic E-state index is -0.530. The number of carbonyl (C=O) groups excluding carboxylic acids is 3. The lowest BCUT2D eigenvalue weighted by molar-refractivity contribution is -0.120. The third-order valence-corrected chi connectivity index (χ3v) is 4.05. The Kier molecular flexibility index (Phi) is 4.79. The fourth-order valence-corrected chi connectivity index (χ4v) is 2.95. The zero-order chi connectivity index (χ0) is 15.4. The number of aryl methyl sites for hydroxylation is 1. The molecule has 0 spiro atoms. The number of ether oxygens (including phenoxy) is 1. The lowest BCUT2D eigenvalue weighted by atomic mass is 10.2. The maximum absolute atomic E-state index is 11.9. The molecular formula is C13H17N3O4S. The first kappa shape index (κ1) is 15.3. The number of thiophene rings is 1. The van der Waals surface area contributed by atoms with Crippen molar-refractivity contribution >= 4 is 34.2 Å². The molecule has 1 aliphatic rings. The number of anilines is 1. The zero-order valence-electron chi connectivity index (χ0n) is 11.8. The third kappa shape index (κ3) is 3.52. The summed E-state index contributed by atoms with van der Waals surface area (Å²) in [6, 6.07) is -1.04. The molecule has 1 atom stereocenters. The van der Waals surface area contributed by atoms with Crippen LogP contribution in [-0.4, -0.2) is 37.1 Å². The topological polar surface area (TPSA) is 96.5 Å². The lowest BCUT2D eigenvalue weighted by Crippen LogP contribution is -2.42. The van der Waals surface area contributed by atoms with E-state index in [4.69, 9.17) is 4.74 Å². The molecule has 2 heterocycles. The van der Waals surface area contributed by atoms with Crippen LogP contribution in [0.1, 0.15) is 29.3 Å². The van der Waals surface area contributed by atoms with Crippen molar-refractivity contribution in [2.45, 2.75) is 26.3 Å². The molecule has 3 N–H and O–H groups in total. The maximum atomic E-state index is 11.9. The molecular weight excluding hydrogens is 294 g/mol. The van der Waals surface area contributed by atoms with E-state index in [0.717, 1.165) is 5.56 Å². The van der Waals surface area contributed by atoms with Gasteiger partial charge < -0.3 is 15.4 Å². The van der Waals surface area contributed by atoms with Crippen LogP contribution in [0, 0.1) is 6.92 Å². The van der Waals surface area contributed by atoms with Crippen molar-refractivity contribution < 1.29 is 19.1 Å². The fraction of sp³-hybridized carbons (Fsp3) is 0.462. The van der Waals surface area contributed by atoms with Gasteiger partial charge in [-0.05, 0) is 31.2 Å². The number of hydrogen-bond donors (Lipinski definition) is 3. The molecule has 7 nitrogen and oxygen atoms in total. The Morgan fingerprint density at radius 3 is 2.90 bits per heavy atom. The van der Waals surface area contributed by atoms with Crippen molar-refractivity contribution in [2.24, 2.45) is 0 Å². The Hall–Kier alpha value is -2.09. The zero-order valence-corrected chi connectivity index (χ0v) is 12.6. The van der Waals surface area contributed by atoms with Crippen LogP contribution in [0.25, 0.3) is 0 Å². The van der Waals surface area contributed by atoms with Gasteiger partial charge >= 0.3 is 12.0 Å². The highest BCUT2D eigenvalue weighted by Gasteiger charge is 2.26. The third-order valence-electron chi connectivity index (χ3n) is 3.04. The fourth-order valence-electron chi connectivity index (χ4n) is 2.02. The van der Waals surface area contributed by atoms with Gasteiger partial charge in [0.2, 0.25) is 5.91 Å². The second kappa shape index (κ2) is 6.57. The van der Waals surface area contributed by atoms with Gasteiger partial charge in [0.15, 0.2) is 0 Å². The van der Waals surface area contributed by atoms with Gasteiger partial charge in [0.05, 0.1) is 12.2 Å². The normalized spacial score (nSPS) is 17.2. The molecule has 1 aromatic heterocycles. The maximum Gasteiger partial charge on any atom is 0.341 e. The second-order valence-electron chi connectivity index (χ2n) is 4.57. The summed E-state index contributed by atoms with van der Waals surface area (Å²) in [5.74, 6) is -0.664. The number of urea groups is 1. The first-order valence-electron chi connectivity index (χ1n) is 6.63. The SMILES string of the molecule is CCOC(=O)c1c(C)csc1NC(=O)NC1CCNC1=O. The van der Waals surface area contributed by atoms with Crippen molar-refractivity contribution in [3.63, 3.8) is 0 Å². The smallest absolute Gasteiger partial charge is 0.341 e. The van der Waals surface area contributed by atoms with Gasteiger partial charge in [-0.2, -0.15) is 0 Å². The van der Waals surface area contributed by atoms with E-state index in [1.54, 1.807) is 19.2 Å². The lowest BCUT2D eigenvalue weighted by Gasteiger charge is -2.11. The molecule has 1 aliphatic heterocycles. The van der Waals surface area contributed by atoms with Crippen LogP contribution < -0.4 is 16.0 Å². The van der Waals surface area contributed by atoms with Gasteiger partial charge in [0, 0.05) is 6.54 Å². The molecule has 0 bridgehead atoms. The molecule has 0 radical (unpaired) electrons. The molecule has 2 rings (SSSR count). The summed E-state index contributed by atoms with van der Waals surface area (Å²) in [5, 5.41) is 10.0. The first-order valence-corrected chi connectivity index (χ1v) is 7.51. The highest BCUT2D eigenvalue weighted by molar-refractivity contribution is 7.15. The van der Waals surface area contributed by atoms with E-state index in [-0.39, 0.29) is 12.5 Å². The Labute approximate surface area is 126 Å². The van der Waals surface area contributed by atoms with Crippen LogP contribution in [0.2, 0.25) is 0 Å². The van der Waals surface area contributed by atoms with E-state index in [1.807, 2.05) is 0 Å². The van der Waals surface area contributed by atoms with Crippen LogP contribution in [-0.2, 0) is 9.53 Å². The monoisotopic (exact) mass is 311 g/mol. The molecule has 3 amide bonds. The van der Waals surface area contributed by atoms with Crippen LogP contribution in [0.5, 0.6) is 0 Å². The largest absolute Gasteiger partial charge is 0.462 e. The molecule has 1 aromatic rings. The molecule has 114 valence electrons. The van der Waals surface area contributed by atoms with Crippen molar-refractivity contribution in [2.75, 3.05) is 18.5 Å². The van der Waals surface area contributed by atoms with E-state index in [9.17, 15) is 14.4 Å². The quantitative estimate of drug-likeness (QED) is 0.729. The number of nitrogens with one attached hydrogen (secondary N) is 3. The van der Waals surface area contributed by atoms with Gasteiger partial charge in [-0.3, -0.25) is 10.1 Å². The minimum absolute atomic E-state index is 0.196. The number of esters is 1. The van der Waals surface area contributed by atoms with Crippen molar-refractivity contribution in [3.05, 3.63) is 16.5 Å². The number of rotatable bonds is 4. The van der Waals surface area contributed by atoms with E-state index >= 15 is 0 Å². The molecule has 0 aliphatic carbocycles. The second-order valence-corrected chi connectivity index (χ2v) is 5.45. The molecule has 8 heteroatoms. The summed E-state index contributed by atoms with van der Waals surface area (Å²) in [6.07, 6.45) is 0.556. The highest BCUT2D eigenvalue weighted by Crippen LogP contribution is 2.28. The Morgan fingerprint density at radius 2 is 2.29 bits per heavy atom. The van der Waals surface area contributed by atoms with Gasteiger partial charge in [-0.1, -0.05) is 0 Å². The molecule has 0 saturated carbocycles. The van der Waals surface area contributed by atoms with Crippen molar-refractivity contribution in [3.8, 4) is 0 Å². The summed E-state index contributed by atoms with van der Waals surface area (Å²) in [4.78, 5) is 35.2.